The molecular weight excluding hydrogens is 271 g/mol. The van der Waals surface area contributed by atoms with E-state index in [1.807, 2.05) is 0 Å². The Morgan fingerprint density at radius 2 is 2.21 bits per heavy atom. The third-order valence-electron chi connectivity index (χ3n) is 1.84. The van der Waals surface area contributed by atoms with Crippen molar-refractivity contribution < 1.29 is 14.3 Å². The molecule has 14 heavy (non-hydrogen) atoms. The summed E-state index contributed by atoms with van der Waals surface area (Å²) in [6, 6.07) is 4.32. The summed E-state index contributed by atoms with van der Waals surface area (Å²) in [7, 11) is 0. The van der Waals surface area contributed by atoms with E-state index in [1.165, 1.54) is 12.1 Å². The van der Waals surface area contributed by atoms with Crippen LogP contribution in [-0.4, -0.2) is 11.1 Å². The fourth-order valence-corrected chi connectivity index (χ4v) is 2.65. The normalized spacial score (nSPS) is 10.7. The van der Waals surface area contributed by atoms with Crippen LogP contribution in [-0.2, 0) is 0 Å². The quantitative estimate of drug-likeness (QED) is 0.864. The van der Waals surface area contributed by atoms with Gasteiger partial charge in [-0.3, -0.25) is 0 Å². The van der Waals surface area contributed by atoms with Crippen molar-refractivity contribution in [3.63, 3.8) is 0 Å². The summed E-state index contributed by atoms with van der Waals surface area (Å²) >= 11 is 4.18. The molecule has 0 unspecified atom stereocenters. The first-order valence-electron chi connectivity index (χ1n) is 3.70. The minimum atomic E-state index is -1.04. The van der Waals surface area contributed by atoms with Gasteiger partial charge in [0.2, 0.25) is 0 Å². The molecule has 1 aromatic carbocycles. The van der Waals surface area contributed by atoms with Crippen molar-refractivity contribution in [3.05, 3.63) is 33.4 Å². The van der Waals surface area contributed by atoms with Crippen LogP contribution in [0.3, 0.4) is 0 Å². The summed E-state index contributed by atoms with van der Waals surface area (Å²) in [6.45, 7) is 0. The van der Waals surface area contributed by atoms with E-state index in [0.717, 1.165) is 11.3 Å². The lowest BCUT2D eigenvalue weighted by Gasteiger charge is -1.97. The Morgan fingerprint density at radius 1 is 1.50 bits per heavy atom. The maximum Gasteiger partial charge on any atom is 0.336 e. The fourth-order valence-electron chi connectivity index (χ4n) is 1.25. The minimum Gasteiger partial charge on any atom is -0.478 e. The van der Waals surface area contributed by atoms with Crippen LogP contribution in [0.25, 0.3) is 10.1 Å². The summed E-state index contributed by atoms with van der Waals surface area (Å²) in [5.74, 6) is -1.04. The maximum absolute atomic E-state index is 12.9. The van der Waals surface area contributed by atoms with Gasteiger partial charge in [-0.1, -0.05) is 0 Å². The number of benzene rings is 1. The molecule has 0 atom stereocenters. The molecule has 0 aliphatic rings. The number of hydrogen-bond acceptors (Lipinski definition) is 2. The minimum absolute atomic E-state index is 0.128. The Kier molecular flexibility index (Phi) is 2.28. The van der Waals surface area contributed by atoms with Crippen molar-refractivity contribution in [2.45, 2.75) is 0 Å². The number of aromatic carboxylic acids is 1. The number of fused-ring (bicyclic) bond motifs is 1. The summed E-state index contributed by atoms with van der Waals surface area (Å²) in [5, 5.41) is 8.91. The zero-order chi connectivity index (χ0) is 10.3. The number of carbonyl (C=O) groups is 1. The lowest BCUT2D eigenvalue weighted by atomic mass is 10.1. The molecule has 0 amide bonds. The average Bonchev–Trinajstić information content (AvgIpc) is 2.47. The molecular formula is C9H4BrFO2S. The Labute approximate surface area is 91.1 Å². The topological polar surface area (TPSA) is 37.3 Å². The number of halogens is 2. The maximum atomic E-state index is 12.9. The van der Waals surface area contributed by atoms with Gasteiger partial charge < -0.3 is 5.11 Å². The molecule has 0 fully saturated rings. The van der Waals surface area contributed by atoms with Gasteiger partial charge in [-0.05, 0) is 34.1 Å². The van der Waals surface area contributed by atoms with Crippen LogP contribution in [0.4, 0.5) is 4.39 Å². The third-order valence-corrected chi connectivity index (χ3v) is 3.72. The van der Waals surface area contributed by atoms with Gasteiger partial charge in [0, 0.05) is 9.86 Å². The first-order chi connectivity index (χ1) is 6.59. The van der Waals surface area contributed by atoms with Crippen LogP contribution in [0.5, 0.6) is 0 Å². The van der Waals surface area contributed by atoms with Gasteiger partial charge in [-0.15, -0.1) is 11.3 Å². The number of rotatable bonds is 1. The standard InChI is InChI=1S/C9H4BrFO2S/c10-6-2-1-4(9(12)13)5-3-7(11)14-8(5)6/h1-3H,(H,12,13). The van der Waals surface area contributed by atoms with Crippen molar-refractivity contribution in [1.82, 2.24) is 0 Å². The van der Waals surface area contributed by atoms with E-state index in [1.54, 1.807) is 6.07 Å². The average molecular weight is 275 g/mol. The highest BCUT2D eigenvalue weighted by atomic mass is 79.9. The second-order valence-electron chi connectivity index (χ2n) is 2.69. The summed E-state index contributed by atoms with van der Waals surface area (Å²) < 4.78 is 14.3. The second kappa shape index (κ2) is 3.33. The Balaban J connectivity index is 2.87. The van der Waals surface area contributed by atoms with E-state index in [4.69, 9.17) is 5.11 Å². The zero-order valence-electron chi connectivity index (χ0n) is 6.75. The molecule has 1 heterocycles. The summed E-state index contributed by atoms with van der Waals surface area (Å²) in [6.07, 6.45) is 0. The Bertz CT molecular complexity index is 521. The number of carboxylic acids is 1. The van der Waals surface area contributed by atoms with Crippen LogP contribution in [0.15, 0.2) is 22.7 Å². The van der Waals surface area contributed by atoms with Gasteiger partial charge >= 0.3 is 5.97 Å². The Morgan fingerprint density at radius 3 is 2.86 bits per heavy atom. The van der Waals surface area contributed by atoms with Gasteiger partial charge in [0.15, 0.2) is 5.13 Å². The molecule has 0 saturated heterocycles. The molecule has 2 rings (SSSR count). The van der Waals surface area contributed by atoms with Gasteiger partial charge in [0.05, 0.1) is 10.3 Å². The zero-order valence-corrected chi connectivity index (χ0v) is 9.15. The monoisotopic (exact) mass is 274 g/mol. The molecule has 2 aromatic rings. The largest absolute Gasteiger partial charge is 0.478 e. The third kappa shape index (κ3) is 1.42. The fraction of sp³-hybridized carbons (Fsp3) is 0. The molecule has 0 saturated carbocycles. The number of thiophene rings is 1. The molecule has 72 valence electrons. The highest BCUT2D eigenvalue weighted by Crippen LogP contribution is 2.33. The SMILES string of the molecule is O=C(O)c1ccc(Br)c2sc(F)cc12. The molecule has 0 aliphatic carbocycles. The van der Waals surface area contributed by atoms with Gasteiger partial charge in [-0.25, -0.2) is 4.79 Å². The second-order valence-corrected chi connectivity index (χ2v) is 4.55. The van der Waals surface area contributed by atoms with E-state index in [9.17, 15) is 9.18 Å². The molecule has 1 N–H and O–H groups in total. The molecule has 0 aliphatic heterocycles. The van der Waals surface area contributed by atoms with Crippen molar-refractivity contribution in [2.24, 2.45) is 0 Å². The summed E-state index contributed by atoms with van der Waals surface area (Å²) in [4.78, 5) is 10.8. The predicted octanol–water partition coefficient (Wildman–Crippen LogP) is 3.50. The van der Waals surface area contributed by atoms with Crippen LogP contribution >= 0.6 is 27.3 Å². The van der Waals surface area contributed by atoms with Crippen LogP contribution in [0, 0.1) is 5.13 Å². The number of carboxylic acid groups (broad SMARTS) is 1. The first kappa shape index (κ1) is 9.61. The van der Waals surface area contributed by atoms with E-state index in [-0.39, 0.29) is 10.7 Å². The van der Waals surface area contributed by atoms with Crippen LogP contribution in [0.2, 0.25) is 0 Å². The summed E-state index contributed by atoms with van der Waals surface area (Å²) in [5.41, 5.74) is 0.128. The van der Waals surface area contributed by atoms with Gasteiger partial charge in [-0.2, -0.15) is 4.39 Å². The molecule has 1 aromatic heterocycles. The van der Waals surface area contributed by atoms with E-state index in [2.05, 4.69) is 15.9 Å². The number of hydrogen-bond donors (Lipinski definition) is 1. The molecule has 0 bridgehead atoms. The smallest absolute Gasteiger partial charge is 0.336 e. The predicted molar refractivity (Wildman–Crippen MR) is 56.4 cm³/mol. The lowest BCUT2D eigenvalue weighted by Crippen LogP contribution is -1.95. The molecule has 0 radical (unpaired) electrons. The van der Waals surface area contributed by atoms with Crippen molar-refractivity contribution in [1.29, 1.82) is 0 Å². The van der Waals surface area contributed by atoms with Gasteiger partial charge in [0.1, 0.15) is 0 Å². The van der Waals surface area contributed by atoms with Crippen molar-refractivity contribution >= 4 is 43.3 Å². The molecule has 0 spiro atoms. The molecule has 5 heteroatoms. The first-order valence-corrected chi connectivity index (χ1v) is 5.31. The van der Waals surface area contributed by atoms with Crippen LogP contribution in [0.1, 0.15) is 10.4 Å². The Hall–Kier alpha value is -0.940. The van der Waals surface area contributed by atoms with E-state index in [0.29, 0.717) is 14.6 Å². The highest BCUT2D eigenvalue weighted by Gasteiger charge is 2.13. The van der Waals surface area contributed by atoms with E-state index < -0.39 is 5.97 Å². The van der Waals surface area contributed by atoms with Gasteiger partial charge in [0.25, 0.3) is 0 Å². The molecule has 2 nitrogen and oxygen atoms in total. The highest BCUT2D eigenvalue weighted by molar-refractivity contribution is 9.10. The van der Waals surface area contributed by atoms with Crippen molar-refractivity contribution in [3.8, 4) is 0 Å². The van der Waals surface area contributed by atoms with E-state index >= 15 is 0 Å². The lowest BCUT2D eigenvalue weighted by molar-refractivity contribution is 0.0699. The van der Waals surface area contributed by atoms with Crippen molar-refractivity contribution in [2.75, 3.05) is 0 Å². The van der Waals surface area contributed by atoms with Crippen LogP contribution < -0.4 is 0 Å².